The van der Waals surface area contributed by atoms with E-state index in [2.05, 4.69) is 33.9 Å². The lowest BCUT2D eigenvalue weighted by Gasteiger charge is -2.48. The molecular weight excluding hydrogens is 1130 g/mol. The number of benzene rings is 8. The molecule has 2 unspecified atom stereocenters. The molecule has 452 valence electrons. The highest BCUT2D eigenvalue weighted by Gasteiger charge is 2.53. The first-order chi connectivity index (χ1) is 42.0. The van der Waals surface area contributed by atoms with Crippen LogP contribution < -0.4 is 9.64 Å². The Bertz CT molecular complexity index is 3640. The minimum atomic E-state index is -4.19. The Labute approximate surface area is 512 Å². The first-order valence-corrected chi connectivity index (χ1v) is 34.2. The topological polar surface area (TPSA) is 136 Å². The number of esters is 1. The predicted molar refractivity (Wildman–Crippen MR) is 337 cm³/mol. The number of carbonyl (C=O) groups is 2. The lowest BCUT2D eigenvalue weighted by molar-refractivity contribution is -0.261. The molecule has 2 aliphatic heterocycles. The number of carbonyl (C=O) groups excluding carboxylic acids is 2. The number of hydrogen-bond donors (Lipinski definition) is 0. The van der Waals surface area contributed by atoms with Gasteiger partial charge < -0.3 is 37.7 Å². The lowest BCUT2D eigenvalue weighted by atomic mass is 9.77. The molecule has 0 N–H and O–H groups in total. The van der Waals surface area contributed by atoms with Crippen LogP contribution in [0, 0.1) is 11.7 Å². The number of hydrogen-bond acceptors (Lipinski definition) is 11. The van der Waals surface area contributed by atoms with Crippen LogP contribution in [0.25, 0.3) is 11.1 Å². The van der Waals surface area contributed by atoms with Crippen molar-refractivity contribution in [1.29, 1.82) is 0 Å². The van der Waals surface area contributed by atoms with Crippen LogP contribution in [0.15, 0.2) is 223 Å². The van der Waals surface area contributed by atoms with Crippen molar-refractivity contribution in [3.63, 3.8) is 0 Å². The molecule has 12 nitrogen and oxygen atoms in total. The highest BCUT2D eigenvalue weighted by atomic mass is 32.2. The molecule has 8 aromatic carbocycles. The molecule has 2 aliphatic rings. The van der Waals surface area contributed by atoms with Gasteiger partial charge in [0.2, 0.25) is 5.91 Å². The van der Waals surface area contributed by atoms with Gasteiger partial charge in [0.25, 0.3) is 0 Å². The zero-order chi connectivity index (χ0) is 61.1. The van der Waals surface area contributed by atoms with Gasteiger partial charge in [0.05, 0.1) is 55.6 Å². The van der Waals surface area contributed by atoms with Crippen LogP contribution >= 0.6 is 0 Å². The van der Waals surface area contributed by atoms with Gasteiger partial charge in [0, 0.05) is 11.3 Å². The van der Waals surface area contributed by atoms with E-state index in [4.69, 9.17) is 32.8 Å². The summed E-state index contributed by atoms with van der Waals surface area (Å²) in [7, 11) is -5.27. The van der Waals surface area contributed by atoms with Crippen LogP contribution in [0.3, 0.4) is 0 Å². The van der Waals surface area contributed by atoms with Gasteiger partial charge in [-0.05, 0) is 112 Å². The molecule has 2 saturated heterocycles. The monoisotopic (exact) mass is 1210 g/mol. The summed E-state index contributed by atoms with van der Waals surface area (Å²) in [5.74, 6) is -1.56. The molecule has 0 radical (unpaired) electrons. The summed E-state index contributed by atoms with van der Waals surface area (Å²) in [5.41, 5.74) is 7.38. The molecule has 2 fully saturated rings. The van der Waals surface area contributed by atoms with Gasteiger partial charge >= 0.3 is 5.97 Å². The van der Waals surface area contributed by atoms with E-state index in [-0.39, 0.29) is 54.2 Å². The van der Waals surface area contributed by atoms with E-state index in [1.165, 1.54) is 19.2 Å². The minimum Gasteiger partial charge on any atom is -0.489 e. The minimum absolute atomic E-state index is 0.0220. The van der Waals surface area contributed by atoms with E-state index >= 15 is 0 Å². The first kappa shape index (κ1) is 62.4. The van der Waals surface area contributed by atoms with Crippen LogP contribution in [-0.2, 0) is 74.0 Å². The van der Waals surface area contributed by atoms with Gasteiger partial charge in [-0.2, -0.15) is 0 Å². The fourth-order valence-electron chi connectivity index (χ4n) is 11.1. The Hall–Kier alpha value is -7.60. The van der Waals surface area contributed by atoms with Crippen LogP contribution in [-0.4, -0.2) is 72.0 Å². The number of nitrogens with zero attached hydrogens (tertiary/aromatic N) is 1. The molecule has 15 heteroatoms. The number of para-hydroxylation sites is 1. The molecular formula is C72H76FNO11SSi. The smallest absolute Gasteiger partial charge is 0.337 e. The van der Waals surface area contributed by atoms with Crippen LogP contribution in [0.1, 0.15) is 79.1 Å². The number of anilines is 1. The Morgan fingerprint density at radius 3 is 1.64 bits per heavy atom. The fraction of sp³-hybridized carbons (Fsp3) is 0.306. The van der Waals surface area contributed by atoms with Crippen molar-refractivity contribution in [2.45, 2.75) is 126 Å². The molecule has 0 saturated carbocycles. The normalized spacial score (nSPS) is 20.1. The summed E-state index contributed by atoms with van der Waals surface area (Å²) in [6, 6.07) is 66.7. The Kier molecular flexibility index (Phi) is 20.1. The van der Waals surface area contributed by atoms with Crippen molar-refractivity contribution in [2.75, 3.05) is 17.8 Å². The summed E-state index contributed by atoms with van der Waals surface area (Å²) in [6.07, 6.45) is -5.10. The first-order valence-electron chi connectivity index (χ1n) is 29.6. The molecule has 10 rings (SSSR count). The van der Waals surface area contributed by atoms with E-state index in [1.807, 2.05) is 175 Å². The number of sulfone groups is 1. The van der Waals surface area contributed by atoms with E-state index in [0.717, 1.165) is 44.6 Å². The van der Waals surface area contributed by atoms with Gasteiger partial charge in [-0.15, -0.1) is 0 Å². The molecule has 2 heterocycles. The Morgan fingerprint density at radius 2 is 1.11 bits per heavy atom. The number of β-lactam (4-membered cyclic amide) rings is 1. The second kappa shape index (κ2) is 28.0. The Balaban J connectivity index is 0.962. The summed E-state index contributed by atoms with van der Waals surface area (Å²) < 4.78 is 90.0. The quantitative estimate of drug-likeness (QED) is 0.0307. The van der Waals surface area contributed by atoms with E-state index < -0.39 is 72.4 Å². The molecule has 0 bridgehead atoms. The predicted octanol–water partition coefficient (Wildman–Crippen LogP) is 14.8. The second-order valence-electron chi connectivity index (χ2n) is 23.8. The van der Waals surface area contributed by atoms with Crippen molar-refractivity contribution in [2.24, 2.45) is 5.92 Å². The maximum Gasteiger partial charge on any atom is 0.337 e. The molecule has 87 heavy (non-hydrogen) atoms. The zero-order valence-electron chi connectivity index (χ0n) is 50.1. The van der Waals surface area contributed by atoms with E-state index in [9.17, 15) is 22.4 Å². The molecule has 0 aromatic heterocycles. The van der Waals surface area contributed by atoms with Crippen molar-refractivity contribution >= 4 is 35.7 Å². The van der Waals surface area contributed by atoms with Gasteiger partial charge in [-0.3, -0.25) is 4.79 Å². The maximum atomic E-state index is 14.9. The molecule has 8 atom stereocenters. The maximum absolute atomic E-state index is 14.9. The van der Waals surface area contributed by atoms with Gasteiger partial charge in [-0.25, -0.2) is 17.6 Å². The standard InChI is InChI=1S/C72H76FNO11SSi/c1-72(2,3)87(5,6)85-62(55-32-37-57(73)38-33-55)43-42-61-65(74(70(61)75)58-30-20-11-21-31-58)60-41-36-56(44-63(60)80-45-50-22-12-7-13-23-50)54-34-39-59(40-35-54)86(77,78)49-64-66(81-46-51-24-14-8-15-25-51)67(82-47-52-26-16-9-17-27-52)68(69(84-64)71(76)79-4)83-48-53-28-18-10-19-29-53/h7-41,44,61-62,64-69H,42-43,45-49H2,1-6H3/t61-,62+,64?,65-,66-,67+,68+,69?/m1/s1. The number of methoxy groups -OCH3 is 1. The summed E-state index contributed by atoms with van der Waals surface area (Å²) in [6.45, 7) is 11.5. The van der Waals surface area contributed by atoms with Crippen molar-refractivity contribution in [3.05, 3.63) is 258 Å². The second-order valence-corrected chi connectivity index (χ2v) is 30.6. The molecule has 8 aromatic rings. The zero-order valence-corrected chi connectivity index (χ0v) is 51.9. The lowest BCUT2D eigenvalue weighted by Crippen LogP contribution is -2.63. The third-order valence-electron chi connectivity index (χ3n) is 16.9. The third kappa shape index (κ3) is 15.2. The molecule has 1 amide bonds. The highest BCUT2D eigenvalue weighted by molar-refractivity contribution is 7.91. The Morgan fingerprint density at radius 1 is 0.621 bits per heavy atom. The summed E-state index contributed by atoms with van der Waals surface area (Å²) >= 11 is 0. The number of amides is 1. The highest BCUT2D eigenvalue weighted by Crippen LogP contribution is 2.51. The van der Waals surface area contributed by atoms with Crippen molar-refractivity contribution in [3.8, 4) is 16.9 Å². The number of halogens is 1. The van der Waals surface area contributed by atoms with Crippen molar-refractivity contribution < 1.29 is 55.2 Å². The van der Waals surface area contributed by atoms with Gasteiger partial charge in [0.15, 0.2) is 24.3 Å². The van der Waals surface area contributed by atoms with Crippen LogP contribution in [0.5, 0.6) is 5.75 Å². The third-order valence-corrected chi connectivity index (χ3v) is 23.1. The van der Waals surface area contributed by atoms with E-state index in [0.29, 0.717) is 24.2 Å². The van der Waals surface area contributed by atoms with Gasteiger partial charge in [-0.1, -0.05) is 197 Å². The fourth-order valence-corrected chi connectivity index (χ4v) is 13.9. The number of rotatable bonds is 25. The average Bonchev–Trinajstić information content (AvgIpc) is 0.823. The SMILES string of the molecule is COC(=O)C1OC(CS(=O)(=O)c2ccc(-c3ccc([C@@H]4[C@@H](CC[C@H](O[Si](C)(C)C(C)(C)C)c5ccc(F)cc5)C(=O)N4c4ccccc4)c(OCc4ccccc4)c3)cc2)[C@@H](OCc2ccccc2)[C@H](OCc2ccccc2)[C@@H]1OCc1ccccc1. The summed E-state index contributed by atoms with van der Waals surface area (Å²) in [4.78, 5) is 30.4. The average molecular weight is 1210 g/mol. The largest absolute Gasteiger partial charge is 0.489 e. The number of ether oxygens (including phenoxy) is 6. The molecule has 0 spiro atoms. The van der Waals surface area contributed by atoms with Crippen LogP contribution in [0.4, 0.5) is 10.1 Å². The molecule has 0 aliphatic carbocycles. The van der Waals surface area contributed by atoms with Crippen molar-refractivity contribution in [1.82, 2.24) is 0 Å². The van der Waals surface area contributed by atoms with Crippen LogP contribution in [0.2, 0.25) is 18.1 Å². The van der Waals surface area contributed by atoms with E-state index in [1.54, 1.807) is 36.4 Å². The van der Waals surface area contributed by atoms with Gasteiger partial charge in [0.1, 0.15) is 42.6 Å². The summed E-state index contributed by atoms with van der Waals surface area (Å²) in [5, 5.41) is -0.0966.